The molecule has 13 heteroatoms. The van der Waals surface area contributed by atoms with Gasteiger partial charge in [0.2, 0.25) is 11.7 Å². The zero-order valence-electron chi connectivity index (χ0n) is 20.3. The van der Waals surface area contributed by atoms with Crippen molar-refractivity contribution in [2.45, 2.75) is 20.8 Å². The molecular weight excluding hydrogens is 600 g/mol. The van der Waals surface area contributed by atoms with E-state index in [1.807, 2.05) is 20.8 Å². The summed E-state index contributed by atoms with van der Waals surface area (Å²) in [5.41, 5.74) is 0.0121. The predicted octanol–water partition coefficient (Wildman–Crippen LogP) is 2.34. The van der Waals surface area contributed by atoms with E-state index in [0.717, 1.165) is 0 Å². The van der Waals surface area contributed by atoms with Gasteiger partial charge in [-0.3, -0.25) is 14.4 Å². The summed E-state index contributed by atoms with van der Waals surface area (Å²) >= 11 is 6.77. The minimum absolute atomic E-state index is 0.0139. The van der Waals surface area contributed by atoms with E-state index in [2.05, 4.69) is 47.3 Å². The monoisotopic (exact) mass is 626 g/mol. The number of carbonyl (C=O) groups excluding carboxylic acids is 3. The van der Waals surface area contributed by atoms with Crippen molar-refractivity contribution >= 4 is 49.6 Å². The van der Waals surface area contributed by atoms with Crippen LogP contribution in [0.15, 0.2) is 19.5 Å². The summed E-state index contributed by atoms with van der Waals surface area (Å²) in [5, 5.41) is 17.9. The molecule has 11 nitrogen and oxygen atoms in total. The molecule has 0 saturated carbocycles. The number of aromatic nitrogens is 2. The molecule has 2 aliphatic rings. The standard InChI is InChI=1S/C23H28Br2N6O5/c1-23(2,3)22(35)31-10-8-30(9-11-31)21(34)19-27-18(28-36-19)13-12-14(24)15(16(25)17(13)32)20(33)29-6-4-26-5-7-29/h12,26,32H,4-11H2,1-3H3. The van der Waals surface area contributed by atoms with E-state index in [4.69, 9.17) is 4.52 Å². The van der Waals surface area contributed by atoms with Gasteiger partial charge in [-0.2, -0.15) is 4.98 Å². The Labute approximate surface area is 225 Å². The van der Waals surface area contributed by atoms with Crippen LogP contribution < -0.4 is 5.32 Å². The number of nitrogens with one attached hydrogen (secondary N) is 1. The minimum atomic E-state index is -0.483. The predicted molar refractivity (Wildman–Crippen MR) is 138 cm³/mol. The molecule has 194 valence electrons. The minimum Gasteiger partial charge on any atom is -0.506 e. The van der Waals surface area contributed by atoms with Crippen LogP contribution >= 0.6 is 31.9 Å². The van der Waals surface area contributed by atoms with Crippen molar-refractivity contribution in [3.63, 3.8) is 0 Å². The smallest absolute Gasteiger partial charge is 0.316 e. The highest BCUT2D eigenvalue weighted by atomic mass is 79.9. The highest BCUT2D eigenvalue weighted by Crippen LogP contribution is 2.41. The number of phenolic OH excluding ortho intramolecular Hbond substituents is 1. The first kappa shape index (κ1) is 26.6. The second-order valence-corrected chi connectivity index (χ2v) is 11.4. The number of benzene rings is 1. The Kier molecular flexibility index (Phi) is 7.72. The van der Waals surface area contributed by atoms with Crippen LogP contribution in [-0.2, 0) is 4.79 Å². The van der Waals surface area contributed by atoms with Crippen LogP contribution in [0, 0.1) is 5.41 Å². The Bertz CT molecular complexity index is 1180. The largest absolute Gasteiger partial charge is 0.506 e. The SMILES string of the molecule is CC(C)(C)C(=O)N1CCN(C(=O)c2nc(-c3cc(Br)c(C(=O)N4CCNCC4)c(Br)c3O)no2)CC1. The average Bonchev–Trinajstić information content (AvgIpc) is 3.35. The van der Waals surface area contributed by atoms with E-state index in [0.29, 0.717) is 62.4 Å². The summed E-state index contributed by atoms with van der Waals surface area (Å²) < 4.78 is 5.86. The Morgan fingerprint density at radius 2 is 1.56 bits per heavy atom. The van der Waals surface area contributed by atoms with E-state index in [-0.39, 0.29) is 39.3 Å². The molecular formula is C23H28Br2N6O5. The number of carbonyl (C=O) groups is 3. The van der Waals surface area contributed by atoms with Crippen molar-refractivity contribution in [2.24, 2.45) is 5.41 Å². The fraction of sp³-hybridized carbons (Fsp3) is 0.522. The van der Waals surface area contributed by atoms with Crippen LogP contribution in [0.2, 0.25) is 0 Å². The molecule has 1 aromatic carbocycles. The first-order valence-corrected chi connectivity index (χ1v) is 13.2. The molecule has 0 atom stereocenters. The summed E-state index contributed by atoms with van der Waals surface area (Å²) in [6.07, 6.45) is 0. The molecule has 36 heavy (non-hydrogen) atoms. The number of piperazine rings is 2. The Morgan fingerprint density at radius 1 is 0.972 bits per heavy atom. The lowest BCUT2D eigenvalue weighted by Gasteiger charge is -2.37. The van der Waals surface area contributed by atoms with Gasteiger partial charge in [0.05, 0.1) is 15.6 Å². The van der Waals surface area contributed by atoms with Crippen molar-refractivity contribution in [2.75, 3.05) is 52.4 Å². The topological polar surface area (TPSA) is 132 Å². The molecule has 0 aliphatic carbocycles. The molecule has 2 fully saturated rings. The van der Waals surface area contributed by atoms with Gasteiger partial charge in [0.25, 0.3) is 5.91 Å². The number of aromatic hydroxyl groups is 1. The summed E-state index contributed by atoms with van der Waals surface area (Å²) in [7, 11) is 0. The van der Waals surface area contributed by atoms with E-state index in [1.54, 1.807) is 14.7 Å². The number of phenols is 1. The van der Waals surface area contributed by atoms with Gasteiger partial charge in [0.15, 0.2) is 0 Å². The first-order valence-electron chi connectivity index (χ1n) is 11.6. The van der Waals surface area contributed by atoms with Crippen molar-refractivity contribution in [3.05, 3.63) is 26.5 Å². The van der Waals surface area contributed by atoms with Crippen molar-refractivity contribution in [1.82, 2.24) is 30.2 Å². The highest BCUT2D eigenvalue weighted by Gasteiger charge is 2.33. The highest BCUT2D eigenvalue weighted by molar-refractivity contribution is 9.11. The maximum atomic E-state index is 13.0. The fourth-order valence-corrected chi connectivity index (χ4v) is 5.60. The van der Waals surface area contributed by atoms with Gasteiger partial charge in [-0.25, -0.2) is 0 Å². The fourth-order valence-electron chi connectivity index (χ4n) is 4.14. The number of rotatable bonds is 3. The summed E-state index contributed by atoms with van der Waals surface area (Å²) in [4.78, 5) is 47.7. The third-order valence-electron chi connectivity index (χ3n) is 6.16. The van der Waals surface area contributed by atoms with Crippen LogP contribution in [0.1, 0.15) is 41.8 Å². The van der Waals surface area contributed by atoms with Gasteiger partial charge in [-0.1, -0.05) is 25.9 Å². The molecule has 3 amide bonds. The van der Waals surface area contributed by atoms with E-state index >= 15 is 0 Å². The van der Waals surface area contributed by atoms with Gasteiger partial charge < -0.3 is 29.6 Å². The lowest BCUT2D eigenvalue weighted by molar-refractivity contribution is -0.140. The van der Waals surface area contributed by atoms with Crippen LogP contribution in [-0.4, -0.2) is 100 Å². The third-order valence-corrected chi connectivity index (χ3v) is 7.55. The molecule has 0 unspecified atom stereocenters. The van der Waals surface area contributed by atoms with Crippen LogP contribution in [0.5, 0.6) is 5.75 Å². The first-order chi connectivity index (χ1) is 17.0. The maximum Gasteiger partial charge on any atom is 0.316 e. The van der Waals surface area contributed by atoms with Crippen LogP contribution in [0.3, 0.4) is 0 Å². The molecule has 4 rings (SSSR count). The molecule has 2 N–H and O–H groups in total. The van der Waals surface area contributed by atoms with E-state index in [9.17, 15) is 19.5 Å². The average molecular weight is 628 g/mol. The normalized spacial score (nSPS) is 16.9. The van der Waals surface area contributed by atoms with Gasteiger partial charge >= 0.3 is 11.8 Å². The molecule has 0 spiro atoms. The Hall–Kier alpha value is -2.51. The second-order valence-electron chi connectivity index (χ2n) is 9.74. The zero-order chi connectivity index (χ0) is 26.2. The number of hydrogen-bond donors (Lipinski definition) is 2. The quantitative estimate of drug-likeness (QED) is 0.530. The molecule has 1 aromatic heterocycles. The number of hydrogen-bond acceptors (Lipinski definition) is 8. The second kappa shape index (κ2) is 10.5. The lowest BCUT2D eigenvalue weighted by atomic mass is 9.94. The number of halogens is 2. The van der Waals surface area contributed by atoms with Crippen LogP contribution in [0.4, 0.5) is 0 Å². The van der Waals surface area contributed by atoms with Crippen molar-refractivity contribution in [1.29, 1.82) is 0 Å². The molecule has 3 heterocycles. The van der Waals surface area contributed by atoms with Crippen molar-refractivity contribution < 1.29 is 24.0 Å². The lowest BCUT2D eigenvalue weighted by Crippen LogP contribution is -2.53. The van der Waals surface area contributed by atoms with Gasteiger partial charge in [0, 0.05) is 62.2 Å². The summed E-state index contributed by atoms with van der Waals surface area (Å²) in [6, 6.07) is 1.53. The van der Waals surface area contributed by atoms with Gasteiger partial charge in [-0.15, -0.1) is 0 Å². The Morgan fingerprint density at radius 3 is 2.17 bits per heavy atom. The third kappa shape index (κ3) is 5.28. The van der Waals surface area contributed by atoms with Gasteiger partial charge in [-0.05, 0) is 37.9 Å². The zero-order valence-corrected chi connectivity index (χ0v) is 23.5. The number of amides is 3. The maximum absolute atomic E-state index is 13.0. The Balaban J connectivity index is 1.50. The molecule has 2 aromatic rings. The molecule has 2 aliphatic heterocycles. The van der Waals surface area contributed by atoms with Crippen molar-refractivity contribution in [3.8, 4) is 17.1 Å². The summed E-state index contributed by atoms with van der Waals surface area (Å²) in [6.45, 7) is 9.68. The molecule has 0 bridgehead atoms. The number of nitrogens with zero attached hydrogens (tertiary/aromatic N) is 5. The molecule has 2 saturated heterocycles. The van der Waals surface area contributed by atoms with E-state index in [1.165, 1.54) is 6.07 Å². The molecule has 0 radical (unpaired) electrons. The van der Waals surface area contributed by atoms with Crippen LogP contribution in [0.25, 0.3) is 11.4 Å². The summed E-state index contributed by atoms with van der Waals surface area (Å²) in [5.74, 6) is -1.05. The van der Waals surface area contributed by atoms with Gasteiger partial charge in [0.1, 0.15) is 5.75 Å². The van der Waals surface area contributed by atoms with E-state index < -0.39 is 11.3 Å².